The van der Waals surface area contributed by atoms with Crippen molar-refractivity contribution < 1.29 is 18.3 Å². The molecule has 0 amide bonds. The summed E-state index contributed by atoms with van der Waals surface area (Å²) in [6.07, 6.45) is 1.01. The summed E-state index contributed by atoms with van der Waals surface area (Å²) in [5, 5.41) is 9.21. The van der Waals surface area contributed by atoms with E-state index in [-0.39, 0.29) is 16.7 Å². The van der Waals surface area contributed by atoms with Gasteiger partial charge < -0.3 is 5.11 Å². The molecule has 5 nitrogen and oxygen atoms in total. The molecule has 0 saturated carbocycles. The van der Waals surface area contributed by atoms with Gasteiger partial charge in [0.2, 0.25) is 0 Å². The fourth-order valence-corrected chi connectivity index (χ4v) is 5.40. The van der Waals surface area contributed by atoms with Gasteiger partial charge in [-0.3, -0.25) is 4.79 Å². The number of sulfonamides is 1. The van der Waals surface area contributed by atoms with Gasteiger partial charge in [-0.1, -0.05) is 18.5 Å². The van der Waals surface area contributed by atoms with Crippen molar-refractivity contribution in [1.29, 1.82) is 0 Å². The molecule has 2 rings (SSSR count). The first kappa shape index (κ1) is 14.8. The lowest BCUT2D eigenvalue weighted by molar-refractivity contribution is -0.142. The maximum Gasteiger partial charge on any atom is 0.322 e. The second kappa shape index (κ2) is 5.40. The number of carbonyl (C=O) groups is 1. The number of carboxylic acid groups (broad SMARTS) is 1. The van der Waals surface area contributed by atoms with Gasteiger partial charge in [-0.25, -0.2) is 8.42 Å². The predicted molar refractivity (Wildman–Crippen MR) is 73.0 cm³/mol. The first-order chi connectivity index (χ1) is 8.82. The van der Waals surface area contributed by atoms with Crippen LogP contribution in [0.5, 0.6) is 0 Å². The molecule has 2 heterocycles. The molecule has 19 heavy (non-hydrogen) atoms. The third-order valence-corrected chi connectivity index (χ3v) is 6.82. The summed E-state index contributed by atoms with van der Waals surface area (Å²) in [5.74, 6) is -0.891. The van der Waals surface area contributed by atoms with E-state index in [1.807, 2.05) is 6.92 Å². The summed E-state index contributed by atoms with van der Waals surface area (Å²) in [6.45, 7) is 2.16. The average molecular weight is 324 g/mol. The second-order valence-electron chi connectivity index (χ2n) is 4.66. The fraction of sp³-hybridized carbons (Fsp3) is 0.545. The third kappa shape index (κ3) is 2.94. The Bertz CT molecular complexity index is 583. The van der Waals surface area contributed by atoms with Crippen molar-refractivity contribution in [1.82, 2.24) is 4.31 Å². The van der Waals surface area contributed by atoms with Crippen LogP contribution < -0.4 is 0 Å². The molecule has 1 aliphatic rings. The quantitative estimate of drug-likeness (QED) is 0.926. The summed E-state index contributed by atoms with van der Waals surface area (Å²) < 4.78 is 26.4. The molecule has 0 spiro atoms. The lowest BCUT2D eigenvalue weighted by atomic mass is 9.94. The molecule has 8 heteroatoms. The number of nitrogens with zero attached hydrogens (tertiary/aromatic N) is 1. The molecule has 1 aromatic rings. The largest absolute Gasteiger partial charge is 0.480 e. The second-order valence-corrected chi connectivity index (χ2v) is 8.49. The first-order valence-corrected chi connectivity index (χ1v) is 8.46. The Balaban J connectivity index is 2.35. The number of thiophene rings is 1. The highest BCUT2D eigenvalue weighted by atomic mass is 35.5. The SMILES string of the molecule is CC1CCN(S(=O)(=O)c2ccc(Cl)s2)C(C(=O)O)C1. The summed E-state index contributed by atoms with van der Waals surface area (Å²) in [5.41, 5.74) is 0. The highest BCUT2D eigenvalue weighted by Crippen LogP contribution is 2.33. The molecular weight excluding hydrogens is 310 g/mol. The molecular formula is C11H14ClNO4S2. The minimum absolute atomic E-state index is 0.0957. The smallest absolute Gasteiger partial charge is 0.322 e. The molecule has 0 aromatic carbocycles. The molecule has 1 saturated heterocycles. The molecule has 0 aliphatic carbocycles. The number of piperidine rings is 1. The van der Waals surface area contributed by atoms with Gasteiger partial charge in [0.1, 0.15) is 10.3 Å². The number of halogens is 1. The van der Waals surface area contributed by atoms with E-state index in [4.69, 9.17) is 11.6 Å². The van der Waals surface area contributed by atoms with E-state index < -0.39 is 22.0 Å². The molecule has 1 aromatic heterocycles. The Morgan fingerprint density at radius 1 is 1.53 bits per heavy atom. The predicted octanol–water partition coefficient (Wildman–Crippen LogP) is 2.28. The van der Waals surface area contributed by atoms with Crippen molar-refractivity contribution >= 4 is 38.9 Å². The van der Waals surface area contributed by atoms with Crippen molar-refractivity contribution in [3.05, 3.63) is 16.5 Å². The van der Waals surface area contributed by atoms with Crippen molar-refractivity contribution in [2.24, 2.45) is 5.92 Å². The number of hydrogen-bond donors (Lipinski definition) is 1. The van der Waals surface area contributed by atoms with Crippen LogP contribution in [0.1, 0.15) is 19.8 Å². The van der Waals surface area contributed by atoms with E-state index in [9.17, 15) is 18.3 Å². The van der Waals surface area contributed by atoms with Crippen LogP contribution >= 0.6 is 22.9 Å². The highest BCUT2D eigenvalue weighted by Gasteiger charge is 2.40. The molecule has 1 N–H and O–H groups in total. The molecule has 2 unspecified atom stereocenters. The van der Waals surface area contributed by atoms with E-state index in [1.54, 1.807) is 0 Å². The maximum atomic E-state index is 12.4. The van der Waals surface area contributed by atoms with Crippen LogP contribution in [0.15, 0.2) is 16.3 Å². The molecule has 1 aliphatic heterocycles. The normalized spacial score (nSPS) is 25.4. The average Bonchev–Trinajstić information content (AvgIpc) is 2.76. The van der Waals surface area contributed by atoms with E-state index in [0.717, 1.165) is 15.6 Å². The first-order valence-electron chi connectivity index (χ1n) is 5.82. The Morgan fingerprint density at radius 2 is 2.21 bits per heavy atom. The Morgan fingerprint density at radius 3 is 2.74 bits per heavy atom. The van der Waals surface area contributed by atoms with Crippen LogP contribution in [-0.2, 0) is 14.8 Å². The van der Waals surface area contributed by atoms with Gasteiger partial charge >= 0.3 is 5.97 Å². The number of rotatable bonds is 3. The Kier molecular flexibility index (Phi) is 4.20. The Labute approximate surface area is 120 Å². The van der Waals surface area contributed by atoms with Crippen LogP contribution in [0, 0.1) is 5.92 Å². The van der Waals surface area contributed by atoms with Crippen LogP contribution in [0.25, 0.3) is 0 Å². The summed E-state index contributed by atoms with van der Waals surface area (Å²) in [6, 6.07) is 1.93. The van der Waals surface area contributed by atoms with Crippen molar-refractivity contribution in [2.75, 3.05) is 6.54 Å². The monoisotopic (exact) mass is 323 g/mol. The summed E-state index contributed by atoms with van der Waals surface area (Å²) >= 11 is 6.69. The van der Waals surface area contributed by atoms with Gasteiger partial charge in [-0.05, 0) is 30.9 Å². The van der Waals surface area contributed by atoms with E-state index in [1.165, 1.54) is 12.1 Å². The highest BCUT2D eigenvalue weighted by molar-refractivity contribution is 7.91. The van der Waals surface area contributed by atoms with Gasteiger partial charge in [0.15, 0.2) is 0 Å². The van der Waals surface area contributed by atoms with Crippen LogP contribution in [-0.4, -0.2) is 36.4 Å². The standard InChI is InChI=1S/C11H14ClNO4S2/c1-7-4-5-13(8(6-7)11(14)15)19(16,17)10-3-2-9(12)18-10/h2-3,7-8H,4-6H2,1H3,(H,14,15). The van der Waals surface area contributed by atoms with Crippen molar-refractivity contribution in [3.63, 3.8) is 0 Å². The van der Waals surface area contributed by atoms with Crippen LogP contribution in [0.2, 0.25) is 4.34 Å². The molecule has 1 fully saturated rings. The molecule has 0 bridgehead atoms. The summed E-state index contributed by atoms with van der Waals surface area (Å²) in [4.78, 5) is 11.3. The molecule has 106 valence electrons. The topological polar surface area (TPSA) is 74.7 Å². The van der Waals surface area contributed by atoms with Gasteiger partial charge in [-0.15, -0.1) is 11.3 Å². The fourth-order valence-electron chi connectivity index (χ4n) is 2.18. The van der Waals surface area contributed by atoms with Gasteiger partial charge in [0.25, 0.3) is 10.0 Å². The Hall–Kier alpha value is -0.630. The minimum Gasteiger partial charge on any atom is -0.480 e. The van der Waals surface area contributed by atoms with Gasteiger partial charge in [-0.2, -0.15) is 4.31 Å². The zero-order valence-electron chi connectivity index (χ0n) is 10.2. The third-order valence-electron chi connectivity index (χ3n) is 3.21. The van der Waals surface area contributed by atoms with Crippen LogP contribution in [0.4, 0.5) is 0 Å². The minimum atomic E-state index is -3.77. The lowest BCUT2D eigenvalue weighted by Crippen LogP contribution is -2.49. The van der Waals surface area contributed by atoms with Crippen molar-refractivity contribution in [2.45, 2.75) is 30.0 Å². The zero-order chi connectivity index (χ0) is 14.2. The van der Waals surface area contributed by atoms with Crippen molar-refractivity contribution in [3.8, 4) is 0 Å². The maximum absolute atomic E-state index is 12.4. The zero-order valence-corrected chi connectivity index (χ0v) is 12.6. The summed E-state index contributed by atoms with van der Waals surface area (Å²) in [7, 11) is -3.77. The van der Waals surface area contributed by atoms with E-state index in [2.05, 4.69) is 0 Å². The molecule has 2 atom stereocenters. The number of carboxylic acids is 1. The number of hydrogen-bond acceptors (Lipinski definition) is 4. The number of aliphatic carboxylic acids is 1. The molecule has 0 radical (unpaired) electrons. The van der Waals surface area contributed by atoms with E-state index >= 15 is 0 Å². The van der Waals surface area contributed by atoms with Gasteiger partial charge in [0.05, 0.1) is 4.34 Å². The lowest BCUT2D eigenvalue weighted by Gasteiger charge is -2.34. The van der Waals surface area contributed by atoms with Gasteiger partial charge in [0, 0.05) is 6.54 Å². The van der Waals surface area contributed by atoms with E-state index in [0.29, 0.717) is 17.2 Å². The van der Waals surface area contributed by atoms with Crippen LogP contribution in [0.3, 0.4) is 0 Å².